The molecule has 3 N–H and O–H groups in total. The van der Waals surface area contributed by atoms with E-state index in [9.17, 15) is 9.59 Å². The molecule has 0 saturated heterocycles. The fourth-order valence-corrected chi connectivity index (χ4v) is 2.19. The Labute approximate surface area is 140 Å². The molecule has 0 spiro atoms. The Morgan fingerprint density at radius 2 is 2.17 bits per heavy atom. The molecular formula is C18H19N3O3. The molecule has 0 aliphatic carbocycles. The number of terminal acetylenes is 1. The summed E-state index contributed by atoms with van der Waals surface area (Å²) in [7, 11) is 0. The van der Waals surface area contributed by atoms with Crippen molar-refractivity contribution in [2.24, 2.45) is 5.73 Å². The minimum absolute atomic E-state index is 0.0594. The number of rotatable bonds is 8. The Bertz CT molecular complexity index is 781. The summed E-state index contributed by atoms with van der Waals surface area (Å²) in [5.74, 6) is 2.48. The maximum Gasteiger partial charge on any atom is 0.249 e. The third kappa shape index (κ3) is 4.71. The molecule has 1 heterocycles. The van der Waals surface area contributed by atoms with E-state index in [-0.39, 0.29) is 5.91 Å². The zero-order chi connectivity index (χ0) is 17.4. The molecule has 6 nitrogen and oxygen atoms in total. The van der Waals surface area contributed by atoms with Gasteiger partial charge in [0.05, 0.1) is 17.7 Å². The van der Waals surface area contributed by atoms with E-state index in [4.69, 9.17) is 16.9 Å². The van der Waals surface area contributed by atoms with Crippen molar-refractivity contribution >= 4 is 22.7 Å². The van der Waals surface area contributed by atoms with Gasteiger partial charge in [-0.15, -0.1) is 12.3 Å². The summed E-state index contributed by atoms with van der Waals surface area (Å²) in [6.07, 6.45) is 8.09. The van der Waals surface area contributed by atoms with Crippen molar-refractivity contribution in [1.82, 2.24) is 10.3 Å². The van der Waals surface area contributed by atoms with Gasteiger partial charge in [-0.25, -0.2) is 0 Å². The highest BCUT2D eigenvalue weighted by Crippen LogP contribution is 2.22. The lowest BCUT2D eigenvalue weighted by atomic mass is 10.1. The summed E-state index contributed by atoms with van der Waals surface area (Å²) in [5.41, 5.74) is 6.46. The van der Waals surface area contributed by atoms with Crippen LogP contribution in [0.25, 0.3) is 10.9 Å². The Morgan fingerprint density at radius 1 is 1.33 bits per heavy atom. The molecular weight excluding hydrogens is 306 g/mol. The van der Waals surface area contributed by atoms with Gasteiger partial charge >= 0.3 is 0 Å². The van der Waals surface area contributed by atoms with Gasteiger partial charge in [0, 0.05) is 31.0 Å². The molecule has 1 aromatic carbocycles. The molecule has 24 heavy (non-hydrogen) atoms. The number of hydrogen-bond acceptors (Lipinski definition) is 4. The Kier molecular flexibility index (Phi) is 6.15. The first-order chi connectivity index (χ1) is 11.6. The standard InChI is InChI=1S/C18H19N3O3/c1-2-3-5-17(22)21-9-4-11-24-13-6-7-16-15(12-13)14(18(19)23)8-10-20-16/h1,6-8,10,12H,3-5,9,11H2,(H2,19,23)(H,21,22). The Balaban J connectivity index is 1.87. The molecule has 0 saturated carbocycles. The summed E-state index contributed by atoms with van der Waals surface area (Å²) in [4.78, 5) is 27.0. The molecule has 0 unspecified atom stereocenters. The smallest absolute Gasteiger partial charge is 0.249 e. The molecule has 0 atom stereocenters. The van der Waals surface area contributed by atoms with Crippen molar-refractivity contribution < 1.29 is 14.3 Å². The van der Waals surface area contributed by atoms with Gasteiger partial charge in [-0.05, 0) is 30.7 Å². The van der Waals surface area contributed by atoms with Gasteiger partial charge in [0.15, 0.2) is 0 Å². The second-order valence-electron chi connectivity index (χ2n) is 5.16. The largest absolute Gasteiger partial charge is 0.494 e. The molecule has 0 bridgehead atoms. The number of nitrogens with one attached hydrogen (secondary N) is 1. The van der Waals surface area contributed by atoms with Crippen LogP contribution in [0.3, 0.4) is 0 Å². The van der Waals surface area contributed by atoms with E-state index < -0.39 is 5.91 Å². The zero-order valence-corrected chi connectivity index (χ0v) is 13.2. The second kappa shape index (κ2) is 8.53. The Morgan fingerprint density at radius 3 is 2.92 bits per heavy atom. The predicted octanol–water partition coefficient (Wildman–Crippen LogP) is 1.63. The number of nitrogens with two attached hydrogens (primary N) is 1. The van der Waals surface area contributed by atoms with Crippen LogP contribution in [0.5, 0.6) is 5.75 Å². The maximum absolute atomic E-state index is 11.5. The van der Waals surface area contributed by atoms with Gasteiger partial charge in [0.2, 0.25) is 11.8 Å². The highest BCUT2D eigenvalue weighted by molar-refractivity contribution is 6.05. The van der Waals surface area contributed by atoms with Crippen molar-refractivity contribution in [3.8, 4) is 18.1 Å². The second-order valence-corrected chi connectivity index (χ2v) is 5.16. The molecule has 0 aliphatic heterocycles. The number of primary amides is 1. The summed E-state index contributed by atoms with van der Waals surface area (Å²) in [6, 6.07) is 6.89. The number of nitrogens with zero attached hydrogens (tertiary/aromatic N) is 1. The highest BCUT2D eigenvalue weighted by atomic mass is 16.5. The van der Waals surface area contributed by atoms with Crippen LogP contribution in [-0.2, 0) is 4.79 Å². The first-order valence-electron chi connectivity index (χ1n) is 7.63. The first kappa shape index (κ1) is 17.3. The minimum atomic E-state index is -0.505. The lowest BCUT2D eigenvalue weighted by molar-refractivity contribution is -0.121. The first-order valence-corrected chi connectivity index (χ1v) is 7.63. The SMILES string of the molecule is C#CCCC(=O)NCCCOc1ccc2nccc(C(N)=O)c2c1. The number of aromatic nitrogens is 1. The average Bonchev–Trinajstić information content (AvgIpc) is 2.58. The van der Waals surface area contributed by atoms with Gasteiger partial charge < -0.3 is 15.8 Å². The summed E-state index contributed by atoms with van der Waals surface area (Å²) < 4.78 is 5.65. The Hall–Kier alpha value is -3.07. The van der Waals surface area contributed by atoms with Crippen molar-refractivity contribution in [2.45, 2.75) is 19.3 Å². The van der Waals surface area contributed by atoms with Gasteiger partial charge in [-0.2, -0.15) is 0 Å². The van der Waals surface area contributed by atoms with Gasteiger partial charge in [0.25, 0.3) is 0 Å². The molecule has 2 amide bonds. The summed E-state index contributed by atoms with van der Waals surface area (Å²) >= 11 is 0. The fourth-order valence-electron chi connectivity index (χ4n) is 2.19. The van der Waals surface area contributed by atoms with Crippen LogP contribution in [0.15, 0.2) is 30.5 Å². The van der Waals surface area contributed by atoms with Crippen LogP contribution in [-0.4, -0.2) is 29.9 Å². The van der Waals surface area contributed by atoms with E-state index >= 15 is 0 Å². The highest BCUT2D eigenvalue weighted by Gasteiger charge is 2.08. The van der Waals surface area contributed by atoms with E-state index in [1.807, 2.05) is 0 Å². The van der Waals surface area contributed by atoms with Crippen molar-refractivity contribution in [3.05, 3.63) is 36.0 Å². The average molecular weight is 325 g/mol. The van der Waals surface area contributed by atoms with Crippen LogP contribution in [0, 0.1) is 12.3 Å². The van der Waals surface area contributed by atoms with E-state index in [0.717, 1.165) is 0 Å². The maximum atomic E-state index is 11.5. The minimum Gasteiger partial charge on any atom is -0.494 e. The number of ether oxygens (including phenoxy) is 1. The number of fused-ring (bicyclic) bond motifs is 1. The van der Waals surface area contributed by atoms with E-state index in [0.29, 0.717) is 54.6 Å². The van der Waals surface area contributed by atoms with Gasteiger partial charge in [-0.3, -0.25) is 14.6 Å². The lowest BCUT2D eigenvalue weighted by Gasteiger charge is -2.09. The third-order valence-electron chi connectivity index (χ3n) is 3.39. The quantitative estimate of drug-likeness (QED) is 0.570. The van der Waals surface area contributed by atoms with Crippen LogP contribution in [0.4, 0.5) is 0 Å². The number of pyridine rings is 1. The van der Waals surface area contributed by atoms with Crippen molar-refractivity contribution in [1.29, 1.82) is 0 Å². The lowest BCUT2D eigenvalue weighted by Crippen LogP contribution is -2.25. The van der Waals surface area contributed by atoms with E-state index in [1.54, 1.807) is 30.5 Å². The zero-order valence-electron chi connectivity index (χ0n) is 13.2. The van der Waals surface area contributed by atoms with Crippen LogP contribution < -0.4 is 15.8 Å². The van der Waals surface area contributed by atoms with Crippen molar-refractivity contribution in [2.75, 3.05) is 13.2 Å². The summed E-state index contributed by atoms with van der Waals surface area (Å²) in [5, 5.41) is 3.43. The molecule has 2 rings (SSSR count). The number of hydrogen-bond donors (Lipinski definition) is 2. The molecule has 124 valence electrons. The predicted molar refractivity (Wildman–Crippen MR) is 91.4 cm³/mol. The molecule has 0 aliphatic rings. The van der Waals surface area contributed by atoms with Gasteiger partial charge in [0.1, 0.15) is 5.75 Å². The van der Waals surface area contributed by atoms with Crippen LogP contribution in [0.1, 0.15) is 29.6 Å². The van der Waals surface area contributed by atoms with Gasteiger partial charge in [-0.1, -0.05) is 0 Å². The van der Waals surface area contributed by atoms with E-state index in [2.05, 4.69) is 16.2 Å². The number of amides is 2. The molecule has 0 fully saturated rings. The van der Waals surface area contributed by atoms with E-state index in [1.165, 1.54) is 0 Å². The normalized spacial score (nSPS) is 10.1. The third-order valence-corrected chi connectivity index (χ3v) is 3.39. The monoisotopic (exact) mass is 325 g/mol. The topological polar surface area (TPSA) is 94.3 Å². The molecule has 1 aromatic heterocycles. The molecule has 0 radical (unpaired) electrons. The fraction of sp³-hybridized carbons (Fsp3) is 0.278. The number of carbonyl (C=O) groups is 2. The number of benzene rings is 1. The molecule has 2 aromatic rings. The van der Waals surface area contributed by atoms with Crippen molar-refractivity contribution in [3.63, 3.8) is 0 Å². The molecule has 6 heteroatoms. The van der Waals surface area contributed by atoms with Crippen LogP contribution in [0.2, 0.25) is 0 Å². The van der Waals surface area contributed by atoms with Crippen LogP contribution >= 0.6 is 0 Å². The number of carbonyl (C=O) groups excluding carboxylic acids is 2. The summed E-state index contributed by atoms with van der Waals surface area (Å²) in [6.45, 7) is 0.957.